The first-order chi connectivity index (χ1) is 4.18. The van der Waals surface area contributed by atoms with Gasteiger partial charge in [0.15, 0.2) is 0 Å². The summed E-state index contributed by atoms with van der Waals surface area (Å²) in [5, 5.41) is 0. The Morgan fingerprint density at radius 1 is 1.67 bits per heavy atom. The number of ether oxygens (including phenoxy) is 1. The Morgan fingerprint density at radius 2 is 2.22 bits per heavy atom. The van der Waals surface area contributed by atoms with Gasteiger partial charge in [0, 0.05) is 14.1 Å². The molecule has 0 rings (SSSR count). The SMILES string of the molecule is CSCOC(=O)N(C)C. The van der Waals surface area contributed by atoms with Gasteiger partial charge >= 0.3 is 6.09 Å². The highest BCUT2D eigenvalue weighted by molar-refractivity contribution is 7.98. The highest BCUT2D eigenvalue weighted by Crippen LogP contribution is 1.94. The van der Waals surface area contributed by atoms with Crippen LogP contribution in [0.15, 0.2) is 0 Å². The molecule has 0 aliphatic heterocycles. The molecule has 0 spiro atoms. The number of rotatable bonds is 2. The van der Waals surface area contributed by atoms with Crippen LogP contribution in [0.5, 0.6) is 0 Å². The molecule has 4 heteroatoms. The third kappa shape index (κ3) is 4.14. The van der Waals surface area contributed by atoms with Gasteiger partial charge in [-0.25, -0.2) is 4.79 Å². The zero-order valence-electron chi connectivity index (χ0n) is 5.88. The highest BCUT2D eigenvalue weighted by Gasteiger charge is 2.01. The first-order valence-electron chi connectivity index (χ1n) is 2.51. The smallest absolute Gasteiger partial charge is 0.410 e. The summed E-state index contributed by atoms with van der Waals surface area (Å²) in [5.74, 6) is 0.428. The van der Waals surface area contributed by atoms with Crippen LogP contribution in [0.4, 0.5) is 4.79 Å². The second kappa shape index (κ2) is 4.49. The zero-order chi connectivity index (χ0) is 7.28. The normalized spacial score (nSPS) is 8.78. The molecule has 0 aromatic carbocycles. The van der Waals surface area contributed by atoms with Crippen molar-refractivity contribution < 1.29 is 9.53 Å². The van der Waals surface area contributed by atoms with Crippen molar-refractivity contribution in [2.24, 2.45) is 0 Å². The molecule has 0 bridgehead atoms. The van der Waals surface area contributed by atoms with Gasteiger partial charge in [0.1, 0.15) is 5.94 Å². The fraction of sp³-hybridized carbons (Fsp3) is 0.800. The minimum absolute atomic E-state index is 0.288. The van der Waals surface area contributed by atoms with E-state index in [2.05, 4.69) is 0 Å². The third-order valence-electron chi connectivity index (χ3n) is 0.665. The predicted octanol–water partition coefficient (Wildman–Crippen LogP) is 1.01. The Kier molecular flexibility index (Phi) is 4.30. The van der Waals surface area contributed by atoms with E-state index in [0.717, 1.165) is 0 Å². The minimum atomic E-state index is -0.288. The molecule has 3 nitrogen and oxygen atoms in total. The predicted molar refractivity (Wildman–Crippen MR) is 38.6 cm³/mol. The van der Waals surface area contributed by atoms with Gasteiger partial charge in [0.25, 0.3) is 0 Å². The molecule has 0 saturated heterocycles. The number of thioether (sulfide) groups is 1. The monoisotopic (exact) mass is 149 g/mol. The third-order valence-corrected chi connectivity index (χ3v) is 1.02. The summed E-state index contributed by atoms with van der Waals surface area (Å²) in [6, 6.07) is 0. The maximum atomic E-state index is 10.6. The average Bonchev–Trinajstić information content (AvgIpc) is 1.82. The minimum Gasteiger partial charge on any atom is -0.438 e. The van der Waals surface area contributed by atoms with Crippen molar-refractivity contribution in [2.75, 3.05) is 26.3 Å². The molecule has 0 saturated carbocycles. The summed E-state index contributed by atoms with van der Waals surface area (Å²) < 4.78 is 4.70. The largest absolute Gasteiger partial charge is 0.438 e. The van der Waals surface area contributed by atoms with E-state index >= 15 is 0 Å². The number of hydrogen-bond donors (Lipinski definition) is 0. The molecule has 9 heavy (non-hydrogen) atoms. The second-order valence-electron chi connectivity index (χ2n) is 1.71. The van der Waals surface area contributed by atoms with E-state index in [1.807, 2.05) is 6.26 Å². The van der Waals surface area contributed by atoms with E-state index in [4.69, 9.17) is 4.74 Å². The Hall–Kier alpha value is -0.380. The van der Waals surface area contributed by atoms with Crippen molar-refractivity contribution in [3.63, 3.8) is 0 Å². The molecule has 0 N–H and O–H groups in total. The molecule has 0 atom stereocenters. The lowest BCUT2D eigenvalue weighted by molar-refractivity contribution is 0.136. The fourth-order valence-corrected chi connectivity index (χ4v) is 0.457. The van der Waals surface area contributed by atoms with Gasteiger partial charge in [-0.2, -0.15) is 0 Å². The average molecular weight is 149 g/mol. The maximum Gasteiger partial charge on any atom is 0.410 e. The Bertz CT molecular complexity index is 95.0. The van der Waals surface area contributed by atoms with E-state index in [0.29, 0.717) is 5.94 Å². The number of carbonyl (C=O) groups excluding carboxylic acids is 1. The Morgan fingerprint density at radius 3 is 2.56 bits per heavy atom. The van der Waals surface area contributed by atoms with E-state index in [-0.39, 0.29) is 6.09 Å². The van der Waals surface area contributed by atoms with Crippen LogP contribution in [0.3, 0.4) is 0 Å². The fourth-order valence-electron chi connectivity index (χ4n) is 0.238. The number of hydrogen-bond acceptors (Lipinski definition) is 3. The molecule has 0 aliphatic carbocycles. The van der Waals surface area contributed by atoms with Crippen molar-refractivity contribution in [2.45, 2.75) is 0 Å². The van der Waals surface area contributed by atoms with Crippen LogP contribution >= 0.6 is 11.8 Å². The first-order valence-corrected chi connectivity index (χ1v) is 3.91. The van der Waals surface area contributed by atoms with E-state index in [1.54, 1.807) is 14.1 Å². The molecule has 1 amide bonds. The molecule has 0 heterocycles. The van der Waals surface area contributed by atoms with Gasteiger partial charge in [0.05, 0.1) is 0 Å². The van der Waals surface area contributed by atoms with E-state index < -0.39 is 0 Å². The van der Waals surface area contributed by atoms with Crippen molar-refractivity contribution >= 4 is 17.9 Å². The molecular formula is C5H11NO2S. The molecular weight excluding hydrogens is 138 g/mol. The molecule has 0 aromatic heterocycles. The molecule has 0 aromatic rings. The van der Waals surface area contributed by atoms with Crippen LogP contribution < -0.4 is 0 Å². The van der Waals surface area contributed by atoms with Crippen LogP contribution in [-0.2, 0) is 4.74 Å². The quantitative estimate of drug-likeness (QED) is 0.549. The Labute approximate surface area is 59.4 Å². The summed E-state index contributed by atoms with van der Waals surface area (Å²) >= 11 is 1.48. The Balaban J connectivity index is 3.28. The van der Waals surface area contributed by atoms with Gasteiger partial charge in [0.2, 0.25) is 0 Å². The standard InChI is InChI=1S/C5H11NO2S/c1-6(2)5(7)8-4-9-3/h4H2,1-3H3. The number of nitrogens with zero attached hydrogens (tertiary/aromatic N) is 1. The topological polar surface area (TPSA) is 29.5 Å². The van der Waals surface area contributed by atoms with Gasteiger partial charge in [-0.15, -0.1) is 11.8 Å². The molecule has 54 valence electrons. The second-order valence-corrected chi connectivity index (χ2v) is 2.52. The van der Waals surface area contributed by atoms with Crippen LogP contribution in [0.25, 0.3) is 0 Å². The van der Waals surface area contributed by atoms with Crippen molar-refractivity contribution in [3.8, 4) is 0 Å². The van der Waals surface area contributed by atoms with Crippen molar-refractivity contribution in [3.05, 3.63) is 0 Å². The lowest BCUT2D eigenvalue weighted by Gasteiger charge is -2.08. The van der Waals surface area contributed by atoms with Gasteiger partial charge in [-0.3, -0.25) is 0 Å². The molecule has 0 fully saturated rings. The molecule has 0 aliphatic rings. The van der Waals surface area contributed by atoms with Crippen LogP contribution in [0.1, 0.15) is 0 Å². The van der Waals surface area contributed by atoms with Crippen LogP contribution in [0.2, 0.25) is 0 Å². The highest BCUT2D eigenvalue weighted by atomic mass is 32.2. The van der Waals surface area contributed by atoms with E-state index in [9.17, 15) is 4.79 Å². The summed E-state index contributed by atoms with van der Waals surface area (Å²) in [5.41, 5.74) is 0. The molecule has 0 unspecified atom stereocenters. The summed E-state index contributed by atoms with van der Waals surface area (Å²) in [4.78, 5) is 12.0. The van der Waals surface area contributed by atoms with Gasteiger partial charge in [-0.1, -0.05) is 0 Å². The van der Waals surface area contributed by atoms with Gasteiger partial charge < -0.3 is 9.64 Å². The van der Waals surface area contributed by atoms with Crippen LogP contribution in [-0.4, -0.2) is 37.3 Å². The number of carbonyl (C=O) groups is 1. The van der Waals surface area contributed by atoms with Crippen molar-refractivity contribution in [1.82, 2.24) is 4.90 Å². The van der Waals surface area contributed by atoms with Crippen molar-refractivity contribution in [1.29, 1.82) is 0 Å². The van der Waals surface area contributed by atoms with Gasteiger partial charge in [-0.05, 0) is 6.26 Å². The lowest BCUT2D eigenvalue weighted by atomic mass is 10.9. The number of amides is 1. The molecule has 0 radical (unpaired) electrons. The maximum absolute atomic E-state index is 10.6. The summed E-state index contributed by atoms with van der Waals surface area (Å²) in [7, 11) is 3.31. The van der Waals surface area contributed by atoms with E-state index in [1.165, 1.54) is 16.7 Å². The van der Waals surface area contributed by atoms with Crippen LogP contribution in [0, 0.1) is 0 Å². The summed E-state index contributed by atoms with van der Waals surface area (Å²) in [6.07, 6.45) is 1.59. The summed E-state index contributed by atoms with van der Waals surface area (Å²) in [6.45, 7) is 0. The lowest BCUT2D eigenvalue weighted by Crippen LogP contribution is -2.22. The zero-order valence-corrected chi connectivity index (χ0v) is 6.70. The first kappa shape index (κ1) is 8.62.